The van der Waals surface area contributed by atoms with Crippen molar-refractivity contribution in [3.05, 3.63) is 35.4 Å². The van der Waals surface area contributed by atoms with Crippen LogP contribution < -0.4 is 0 Å². The first-order valence-corrected chi connectivity index (χ1v) is 6.04. The predicted octanol–water partition coefficient (Wildman–Crippen LogP) is 2.59. The van der Waals surface area contributed by atoms with Gasteiger partial charge in [0.2, 0.25) is 0 Å². The molecule has 1 aromatic carbocycles. The highest BCUT2D eigenvalue weighted by molar-refractivity contribution is 5.38. The summed E-state index contributed by atoms with van der Waals surface area (Å²) in [6.07, 6.45) is 1.42. The molecule has 1 nitrogen and oxygen atoms in total. The van der Waals surface area contributed by atoms with E-state index in [1.54, 1.807) is 5.56 Å². The van der Waals surface area contributed by atoms with E-state index in [-0.39, 0.29) is 0 Å². The van der Waals surface area contributed by atoms with E-state index in [1.807, 2.05) is 0 Å². The second-order valence-electron chi connectivity index (χ2n) is 5.25. The number of aryl methyl sites for hydroxylation is 1. The monoisotopic (exact) mass is 201 g/mol. The number of nitrogens with zero attached hydrogens (tertiary/aromatic N) is 1. The zero-order valence-corrected chi connectivity index (χ0v) is 9.66. The van der Waals surface area contributed by atoms with E-state index in [9.17, 15) is 0 Å². The van der Waals surface area contributed by atoms with Crippen molar-refractivity contribution in [3.63, 3.8) is 0 Å². The molecule has 3 rings (SSSR count). The van der Waals surface area contributed by atoms with Gasteiger partial charge in [-0.25, -0.2) is 0 Å². The number of likely N-dealkylation sites (N-methyl/N-ethyl adjacent to an activating group) is 1. The van der Waals surface area contributed by atoms with Crippen LogP contribution in [-0.4, -0.2) is 24.5 Å². The predicted molar refractivity (Wildman–Crippen MR) is 63.1 cm³/mol. The fraction of sp³-hybridized carbons (Fsp3) is 0.571. The summed E-state index contributed by atoms with van der Waals surface area (Å²) in [5.41, 5.74) is 3.50. The molecule has 0 bridgehead atoms. The molecule has 15 heavy (non-hydrogen) atoms. The second kappa shape index (κ2) is 3.08. The highest BCUT2D eigenvalue weighted by Crippen LogP contribution is 2.58. The van der Waals surface area contributed by atoms with Crippen LogP contribution in [0.1, 0.15) is 24.5 Å². The molecule has 1 unspecified atom stereocenters. The number of benzene rings is 1. The normalized spacial score (nSPS) is 34.1. The third-order valence-corrected chi connectivity index (χ3v) is 4.29. The molecule has 1 saturated carbocycles. The Labute approximate surface area is 92.1 Å². The maximum Gasteiger partial charge on any atom is 0.0124 e. The van der Waals surface area contributed by atoms with Gasteiger partial charge in [-0.05, 0) is 31.4 Å². The van der Waals surface area contributed by atoms with Gasteiger partial charge in [0.1, 0.15) is 0 Å². The average molecular weight is 201 g/mol. The van der Waals surface area contributed by atoms with Crippen molar-refractivity contribution in [1.29, 1.82) is 0 Å². The Morgan fingerprint density at radius 3 is 2.67 bits per heavy atom. The summed E-state index contributed by atoms with van der Waals surface area (Å²) in [6.45, 7) is 8.26. The molecule has 0 amide bonds. The molecule has 0 spiro atoms. The Hall–Kier alpha value is -0.820. The number of hydrogen-bond acceptors (Lipinski definition) is 1. The molecule has 2 fully saturated rings. The summed E-state index contributed by atoms with van der Waals surface area (Å²) >= 11 is 0. The van der Waals surface area contributed by atoms with Crippen molar-refractivity contribution < 1.29 is 0 Å². The molecule has 0 aromatic heterocycles. The van der Waals surface area contributed by atoms with Crippen LogP contribution in [0.25, 0.3) is 0 Å². The van der Waals surface area contributed by atoms with Gasteiger partial charge in [-0.2, -0.15) is 0 Å². The maximum absolute atomic E-state index is 2.59. The van der Waals surface area contributed by atoms with E-state index < -0.39 is 0 Å². The number of piperidine rings is 1. The molecule has 1 aromatic rings. The first kappa shape index (κ1) is 9.41. The van der Waals surface area contributed by atoms with Crippen LogP contribution in [0.3, 0.4) is 0 Å². The molecule has 1 saturated heterocycles. The summed E-state index contributed by atoms with van der Waals surface area (Å²) in [4.78, 5) is 2.59. The maximum atomic E-state index is 2.59. The van der Waals surface area contributed by atoms with Gasteiger partial charge in [0.05, 0.1) is 0 Å². The Bertz CT molecular complexity index is 367. The lowest BCUT2D eigenvalue weighted by molar-refractivity contribution is 0.314. The van der Waals surface area contributed by atoms with Crippen LogP contribution in [0.4, 0.5) is 0 Å². The molecule has 2 aliphatic rings. The number of rotatable bonds is 2. The largest absolute Gasteiger partial charge is 0.302 e. The van der Waals surface area contributed by atoms with Crippen molar-refractivity contribution in [2.24, 2.45) is 5.92 Å². The van der Waals surface area contributed by atoms with E-state index >= 15 is 0 Å². The Kier molecular flexibility index (Phi) is 1.93. The molecule has 1 aliphatic heterocycles. The van der Waals surface area contributed by atoms with Gasteiger partial charge in [-0.3, -0.25) is 0 Å². The molecule has 80 valence electrons. The molecule has 0 N–H and O–H groups in total. The van der Waals surface area contributed by atoms with Gasteiger partial charge in [0.15, 0.2) is 0 Å². The topological polar surface area (TPSA) is 3.24 Å². The molecular formula is C14H19N. The van der Waals surface area contributed by atoms with Crippen molar-refractivity contribution in [1.82, 2.24) is 4.90 Å². The van der Waals surface area contributed by atoms with Crippen LogP contribution in [0.15, 0.2) is 24.3 Å². The van der Waals surface area contributed by atoms with Crippen molar-refractivity contribution in [3.8, 4) is 0 Å². The average Bonchev–Trinajstić information content (AvgIpc) is 2.83. The molecule has 0 radical (unpaired) electrons. The second-order valence-corrected chi connectivity index (χ2v) is 5.25. The minimum absolute atomic E-state index is 0.545. The van der Waals surface area contributed by atoms with Crippen LogP contribution in [0, 0.1) is 12.8 Å². The van der Waals surface area contributed by atoms with E-state index in [0.717, 1.165) is 5.92 Å². The Morgan fingerprint density at radius 1 is 1.33 bits per heavy atom. The van der Waals surface area contributed by atoms with Crippen LogP contribution >= 0.6 is 0 Å². The molecule has 1 aliphatic carbocycles. The summed E-state index contributed by atoms with van der Waals surface area (Å²) < 4.78 is 0. The van der Waals surface area contributed by atoms with Crippen LogP contribution in [-0.2, 0) is 5.41 Å². The van der Waals surface area contributed by atoms with Gasteiger partial charge >= 0.3 is 0 Å². The van der Waals surface area contributed by atoms with Gasteiger partial charge in [0.25, 0.3) is 0 Å². The lowest BCUT2D eigenvalue weighted by Gasteiger charge is -2.19. The fourth-order valence-corrected chi connectivity index (χ4v) is 3.16. The van der Waals surface area contributed by atoms with Crippen molar-refractivity contribution in [2.75, 3.05) is 19.6 Å². The Morgan fingerprint density at radius 2 is 2.07 bits per heavy atom. The van der Waals surface area contributed by atoms with E-state index in [2.05, 4.69) is 43.0 Å². The summed E-state index contributed by atoms with van der Waals surface area (Å²) in [6, 6.07) is 9.20. The SMILES string of the molecule is CCN1C[C@@H]2CC2(c2ccc(C)cc2)C1. The number of likely N-dealkylation sites (tertiary alicyclic amines) is 1. The zero-order chi connectivity index (χ0) is 10.5. The van der Waals surface area contributed by atoms with E-state index in [4.69, 9.17) is 0 Å². The fourth-order valence-electron chi connectivity index (χ4n) is 3.16. The first-order chi connectivity index (χ1) is 7.24. The third-order valence-electron chi connectivity index (χ3n) is 4.29. The van der Waals surface area contributed by atoms with Gasteiger partial charge < -0.3 is 4.90 Å². The lowest BCUT2D eigenvalue weighted by atomic mass is 9.94. The van der Waals surface area contributed by atoms with Crippen molar-refractivity contribution in [2.45, 2.75) is 25.7 Å². The standard InChI is InChI=1S/C14H19N/c1-3-15-9-13-8-14(13,10-15)12-6-4-11(2)5-7-12/h4-7,13H,3,8-10H2,1-2H3/t13-,14?/m0/s1. The number of fused-ring (bicyclic) bond motifs is 1. The third kappa shape index (κ3) is 1.33. The number of hydrogen-bond donors (Lipinski definition) is 0. The van der Waals surface area contributed by atoms with Crippen LogP contribution in [0.2, 0.25) is 0 Å². The van der Waals surface area contributed by atoms with Crippen LogP contribution in [0.5, 0.6) is 0 Å². The molecule has 1 heteroatoms. The zero-order valence-electron chi connectivity index (χ0n) is 9.66. The lowest BCUT2D eigenvalue weighted by Crippen LogP contribution is -2.26. The van der Waals surface area contributed by atoms with Gasteiger partial charge in [-0.15, -0.1) is 0 Å². The summed E-state index contributed by atoms with van der Waals surface area (Å²) in [5.74, 6) is 0.945. The highest BCUT2D eigenvalue weighted by Gasteiger charge is 2.60. The minimum Gasteiger partial charge on any atom is -0.302 e. The first-order valence-electron chi connectivity index (χ1n) is 6.04. The minimum atomic E-state index is 0.545. The van der Waals surface area contributed by atoms with Gasteiger partial charge in [-0.1, -0.05) is 36.8 Å². The Balaban J connectivity index is 1.87. The molecule has 1 heterocycles. The smallest absolute Gasteiger partial charge is 0.0124 e. The molecular weight excluding hydrogens is 182 g/mol. The summed E-state index contributed by atoms with van der Waals surface area (Å²) in [7, 11) is 0. The van der Waals surface area contributed by atoms with E-state index in [0.29, 0.717) is 5.41 Å². The van der Waals surface area contributed by atoms with Crippen molar-refractivity contribution >= 4 is 0 Å². The highest BCUT2D eigenvalue weighted by atomic mass is 15.2. The summed E-state index contributed by atoms with van der Waals surface area (Å²) in [5, 5.41) is 0. The van der Waals surface area contributed by atoms with E-state index in [1.165, 1.54) is 31.6 Å². The quantitative estimate of drug-likeness (QED) is 0.711. The molecule has 2 atom stereocenters. The van der Waals surface area contributed by atoms with Gasteiger partial charge in [0, 0.05) is 18.5 Å².